The van der Waals surface area contributed by atoms with Crippen LogP contribution in [0.2, 0.25) is 0 Å². The van der Waals surface area contributed by atoms with Crippen molar-refractivity contribution in [3.63, 3.8) is 0 Å². The number of carbonyl (C=O) groups is 1. The maximum absolute atomic E-state index is 13.1. The molecule has 158 valence electrons. The topological polar surface area (TPSA) is 55.7 Å². The molecule has 4 rings (SSSR count). The summed E-state index contributed by atoms with van der Waals surface area (Å²) < 4.78 is 14.4. The third-order valence-electron chi connectivity index (χ3n) is 5.47. The molecule has 2 aromatic carbocycles. The summed E-state index contributed by atoms with van der Waals surface area (Å²) in [6, 6.07) is 10.2. The molecular weight excluding hydrogens is 446 g/mol. The number of fused-ring (bicyclic) bond motifs is 3. The molecule has 3 aromatic rings. The average molecular weight is 472 g/mol. The second kappa shape index (κ2) is 8.32. The van der Waals surface area contributed by atoms with Gasteiger partial charge in [-0.2, -0.15) is 0 Å². The van der Waals surface area contributed by atoms with Crippen molar-refractivity contribution in [2.24, 2.45) is 7.05 Å². The summed E-state index contributed by atoms with van der Waals surface area (Å²) in [5.74, 6) is 0.497. The standard InChI is InChI=1S/C23H26BrN3O3/c1-5-29-23(28)21-19(11-25-15-8-6-14(2)7-9-15)27(4)18-10-17(24)22-16(20(18)21)12-26(3)13-30-22/h6-10,25H,5,11-13H2,1-4H3. The van der Waals surface area contributed by atoms with Gasteiger partial charge in [0, 0.05) is 30.2 Å². The largest absolute Gasteiger partial charge is 0.477 e. The van der Waals surface area contributed by atoms with Crippen molar-refractivity contribution in [1.29, 1.82) is 0 Å². The molecule has 0 aliphatic carbocycles. The number of benzene rings is 2. The van der Waals surface area contributed by atoms with E-state index >= 15 is 0 Å². The van der Waals surface area contributed by atoms with Crippen molar-refractivity contribution in [3.05, 3.63) is 57.2 Å². The van der Waals surface area contributed by atoms with Gasteiger partial charge in [0.1, 0.15) is 12.5 Å². The van der Waals surface area contributed by atoms with Crippen molar-refractivity contribution in [2.45, 2.75) is 26.9 Å². The Hall–Kier alpha value is -2.51. The van der Waals surface area contributed by atoms with Crippen LogP contribution >= 0.6 is 15.9 Å². The summed E-state index contributed by atoms with van der Waals surface area (Å²) >= 11 is 3.65. The van der Waals surface area contributed by atoms with Gasteiger partial charge in [-0.05, 0) is 55.0 Å². The van der Waals surface area contributed by atoms with Crippen molar-refractivity contribution < 1.29 is 14.3 Å². The average Bonchev–Trinajstić information content (AvgIpc) is 3.00. The predicted molar refractivity (Wildman–Crippen MR) is 122 cm³/mol. The van der Waals surface area contributed by atoms with Gasteiger partial charge in [-0.1, -0.05) is 17.7 Å². The smallest absolute Gasteiger partial charge is 0.340 e. The van der Waals surface area contributed by atoms with Gasteiger partial charge in [0.25, 0.3) is 0 Å². The lowest BCUT2D eigenvalue weighted by molar-refractivity contribution is 0.0527. The highest BCUT2D eigenvalue weighted by molar-refractivity contribution is 9.10. The molecule has 1 aliphatic rings. The van der Waals surface area contributed by atoms with Gasteiger partial charge in [-0.25, -0.2) is 4.79 Å². The second-order valence-corrected chi connectivity index (χ2v) is 8.52. The number of aryl methyl sites for hydroxylation is 2. The van der Waals surface area contributed by atoms with Gasteiger partial charge >= 0.3 is 5.97 Å². The van der Waals surface area contributed by atoms with E-state index in [1.54, 1.807) is 0 Å². The zero-order valence-corrected chi connectivity index (χ0v) is 19.3. The molecule has 0 saturated carbocycles. The molecular formula is C23H26BrN3O3. The van der Waals surface area contributed by atoms with Crippen LogP contribution in [0.1, 0.15) is 34.1 Å². The molecule has 6 nitrogen and oxygen atoms in total. The van der Waals surface area contributed by atoms with E-state index in [0.717, 1.165) is 38.1 Å². The Morgan fingerprint density at radius 1 is 1.27 bits per heavy atom. The number of aromatic nitrogens is 1. The number of rotatable bonds is 5. The number of nitrogens with zero attached hydrogens (tertiary/aromatic N) is 2. The van der Waals surface area contributed by atoms with Crippen LogP contribution in [0.15, 0.2) is 34.8 Å². The summed E-state index contributed by atoms with van der Waals surface area (Å²) in [5.41, 5.74) is 5.69. The Kier molecular flexibility index (Phi) is 5.75. The molecule has 0 fully saturated rings. The molecule has 1 aliphatic heterocycles. The van der Waals surface area contributed by atoms with Crippen LogP contribution in [0.3, 0.4) is 0 Å². The lowest BCUT2D eigenvalue weighted by Crippen LogP contribution is -2.28. The first kappa shape index (κ1) is 20.8. The van der Waals surface area contributed by atoms with E-state index < -0.39 is 0 Å². The highest BCUT2D eigenvalue weighted by atomic mass is 79.9. The number of ether oxygens (including phenoxy) is 2. The number of carbonyl (C=O) groups excluding carboxylic acids is 1. The maximum Gasteiger partial charge on any atom is 0.340 e. The van der Waals surface area contributed by atoms with Crippen LogP contribution in [0.5, 0.6) is 5.75 Å². The van der Waals surface area contributed by atoms with Crippen LogP contribution in [-0.4, -0.2) is 35.8 Å². The van der Waals surface area contributed by atoms with E-state index in [1.165, 1.54) is 5.56 Å². The first-order chi connectivity index (χ1) is 14.4. The fraction of sp³-hybridized carbons (Fsp3) is 0.348. The minimum Gasteiger partial charge on any atom is -0.477 e. The number of anilines is 1. The summed E-state index contributed by atoms with van der Waals surface area (Å²) in [4.78, 5) is 15.2. The molecule has 0 spiro atoms. The fourth-order valence-corrected chi connectivity index (χ4v) is 4.53. The Morgan fingerprint density at radius 2 is 2.00 bits per heavy atom. The third-order valence-corrected chi connectivity index (χ3v) is 6.05. The molecule has 30 heavy (non-hydrogen) atoms. The summed E-state index contributed by atoms with van der Waals surface area (Å²) in [6.45, 7) is 5.94. The van der Waals surface area contributed by atoms with Crippen molar-refractivity contribution in [2.75, 3.05) is 25.7 Å². The van der Waals surface area contributed by atoms with Crippen molar-refractivity contribution in [3.8, 4) is 5.75 Å². The number of hydrogen-bond acceptors (Lipinski definition) is 5. The van der Waals surface area contributed by atoms with E-state index in [2.05, 4.69) is 49.8 Å². The predicted octanol–water partition coefficient (Wildman–Crippen LogP) is 4.82. The Bertz CT molecular complexity index is 1110. The fourth-order valence-electron chi connectivity index (χ4n) is 3.96. The van der Waals surface area contributed by atoms with Crippen LogP contribution in [-0.2, 0) is 24.9 Å². The number of esters is 1. The van der Waals surface area contributed by atoms with E-state index in [-0.39, 0.29) is 5.97 Å². The van der Waals surface area contributed by atoms with Crippen molar-refractivity contribution in [1.82, 2.24) is 9.47 Å². The minimum atomic E-state index is -0.304. The van der Waals surface area contributed by atoms with Gasteiger partial charge < -0.3 is 19.4 Å². The molecule has 0 amide bonds. The molecule has 7 heteroatoms. The second-order valence-electron chi connectivity index (χ2n) is 7.67. The molecule has 0 saturated heterocycles. The van der Waals surface area contributed by atoms with E-state index in [1.807, 2.05) is 39.2 Å². The van der Waals surface area contributed by atoms with E-state index in [0.29, 0.717) is 32.0 Å². The normalized spacial score (nSPS) is 13.8. The molecule has 0 radical (unpaired) electrons. The zero-order chi connectivity index (χ0) is 21.4. The van der Waals surface area contributed by atoms with E-state index in [9.17, 15) is 4.79 Å². The number of hydrogen-bond donors (Lipinski definition) is 1. The zero-order valence-electron chi connectivity index (χ0n) is 17.7. The first-order valence-electron chi connectivity index (χ1n) is 10.0. The van der Waals surface area contributed by atoms with Crippen LogP contribution in [0.25, 0.3) is 10.9 Å². The number of halogens is 1. The first-order valence-corrected chi connectivity index (χ1v) is 10.8. The van der Waals surface area contributed by atoms with Gasteiger partial charge in [0.2, 0.25) is 0 Å². The van der Waals surface area contributed by atoms with E-state index in [4.69, 9.17) is 9.47 Å². The molecule has 1 N–H and O–H groups in total. The number of nitrogens with one attached hydrogen (secondary N) is 1. The van der Waals surface area contributed by atoms with Crippen molar-refractivity contribution >= 4 is 38.5 Å². The van der Waals surface area contributed by atoms with Gasteiger partial charge in [-0.3, -0.25) is 4.90 Å². The molecule has 0 atom stereocenters. The Balaban J connectivity index is 1.87. The quantitative estimate of drug-likeness (QED) is 0.540. The molecule has 0 bridgehead atoms. The third kappa shape index (κ3) is 3.68. The van der Waals surface area contributed by atoms with Crippen LogP contribution < -0.4 is 10.1 Å². The van der Waals surface area contributed by atoms with Gasteiger partial charge in [0.05, 0.1) is 34.4 Å². The van der Waals surface area contributed by atoms with Crippen LogP contribution in [0, 0.1) is 6.92 Å². The minimum absolute atomic E-state index is 0.304. The highest BCUT2D eigenvalue weighted by Crippen LogP contribution is 2.42. The van der Waals surface area contributed by atoms with Crippen LogP contribution in [0.4, 0.5) is 5.69 Å². The summed E-state index contributed by atoms with van der Waals surface area (Å²) in [5, 5.41) is 4.35. The SMILES string of the molecule is CCOC(=O)c1c(CNc2ccc(C)cc2)n(C)c2cc(Br)c3c(c12)CN(C)CO3. The molecule has 1 aromatic heterocycles. The molecule has 2 heterocycles. The monoisotopic (exact) mass is 471 g/mol. The summed E-state index contributed by atoms with van der Waals surface area (Å²) in [7, 11) is 3.99. The Labute approximate surface area is 184 Å². The Morgan fingerprint density at radius 3 is 2.70 bits per heavy atom. The van der Waals surface area contributed by atoms with Gasteiger partial charge in [0.15, 0.2) is 0 Å². The summed E-state index contributed by atoms with van der Waals surface area (Å²) in [6.07, 6.45) is 0. The lowest BCUT2D eigenvalue weighted by atomic mass is 10.0. The maximum atomic E-state index is 13.1. The van der Waals surface area contributed by atoms with Gasteiger partial charge in [-0.15, -0.1) is 0 Å². The highest BCUT2D eigenvalue weighted by Gasteiger charge is 2.29. The molecule has 0 unspecified atom stereocenters. The lowest BCUT2D eigenvalue weighted by Gasteiger charge is -2.27.